The molecule has 2 N–H and O–H groups in total. The van der Waals surface area contributed by atoms with Gasteiger partial charge in [0.05, 0.1) is 36.8 Å². The van der Waals surface area contributed by atoms with Crippen molar-refractivity contribution in [1.29, 1.82) is 0 Å². The number of fused-ring (bicyclic) bond motifs is 1. The van der Waals surface area contributed by atoms with E-state index in [1.165, 1.54) is 0 Å². The molecule has 3 aromatic heterocycles. The number of nitrogens with zero attached hydrogens (tertiary/aromatic N) is 7. The molecule has 0 atom stereocenters. The Bertz CT molecular complexity index is 1390. The van der Waals surface area contributed by atoms with Crippen molar-refractivity contribution in [1.82, 2.24) is 34.7 Å². The van der Waals surface area contributed by atoms with E-state index in [0.29, 0.717) is 47.9 Å². The highest BCUT2D eigenvalue weighted by Crippen LogP contribution is 2.20. The molecule has 0 amide bonds. The molecule has 4 rings (SSSR count). The number of carbonyl (C=O) groups excluding carboxylic acids is 1. The van der Waals surface area contributed by atoms with Gasteiger partial charge >= 0.3 is 11.9 Å². The summed E-state index contributed by atoms with van der Waals surface area (Å²) in [4.78, 5) is 31.4. The van der Waals surface area contributed by atoms with Crippen LogP contribution < -0.4 is 10.1 Å². The number of ether oxygens (including phenoxy) is 2. The zero-order valence-corrected chi connectivity index (χ0v) is 21.5. The maximum absolute atomic E-state index is 11.8. The molecule has 4 aromatic rings. The van der Waals surface area contributed by atoms with Gasteiger partial charge in [-0.3, -0.25) is 14.3 Å². The molecule has 13 heteroatoms. The van der Waals surface area contributed by atoms with Gasteiger partial charge in [-0.1, -0.05) is 5.21 Å². The Morgan fingerprint density at radius 1 is 1.08 bits per heavy atom. The summed E-state index contributed by atoms with van der Waals surface area (Å²) in [5.74, 6) is -0.193. The van der Waals surface area contributed by atoms with E-state index in [1.807, 2.05) is 27.0 Å². The minimum atomic E-state index is -0.914. The van der Waals surface area contributed by atoms with Crippen molar-refractivity contribution in [3.63, 3.8) is 0 Å². The summed E-state index contributed by atoms with van der Waals surface area (Å²) >= 11 is 0. The number of carboxylic acids is 1. The summed E-state index contributed by atoms with van der Waals surface area (Å²) in [6, 6.07) is 7.03. The number of aromatic nitrogens is 7. The second-order valence-electron chi connectivity index (χ2n) is 9.55. The molecule has 1 aromatic carbocycles. The molecule has 0 aliphatic heterocycles. The third-order valence-electron chi connectivity index (χ3n) is 5.19. The highest BCUT2D eigenvalue weighted by atomic mass is 16.6. The van der Waals surface area contributed by atoms with Crippen LogP contribution in [0.2, 0.25) is 0 Å². The standard InChI is InChI=1S/C25H30N8O5/c1-25(2,3)38-22(36)6-4-5-12-32-16-17(14-27-32)28-24-26-15-20-23(29-24)33(31-30-20)18-7-9-19(10-8-18)37-13-11-21(34)35/h7-10,14-16H,4-6,11-13H2,1-3H3,(H,34,35)(H,26,28,29). The van der Waals surface area contributed by atoms with Crippen LogP contribution in [-0.4, -0.2) is 64.0 Å². The second-order valence-corrected chi connectivity index (χ2v) is 9.55. The van der Waals surface area contributed by atoms with Crippen LogP contribution in [0.3, 0.4) is 0 Å². The topological polar surface area (TPSA) is 159 Å². The number of benzene rings is 1. The molecule has 0 aliphatic carbocycles. The molecule has 200 valence electrons. The van der Waals surface area contributed by atoms with Crippen molar-refractivity contribution in [2.45, 2.75) is 58.6 Å². The molecule has 3 heterocycles. The lowest BCUT2D eigenvalue weighted by Gasteiger charge is -2.19. The van der Waals surface area contributed by atoms with Crippen molar-refractivity contribution < 1.29 is 24.2 Å². The van der Waals surface area contributed by atoms with Crippen LogP contribution >= 0.6 is 0 Å². The molecule has 0 bridgehead atoms. The van der Waals surface area contributed by atoms with Crippen LogP contribution in [0.25, 0.3) is 16.9 Å². The molecular formula is C25H30N8O5. The molecule has 0 radical (unpaired) electrons. The quantitative estimate of drug-likeness (QED) is 0.207. The van der Waals surface area contributed by atoms with Crippen molar-refractivity contribution >= 4 is 34.7 Å². The van der Waals surface area contributed by atoms with E-state index in [9.17, 15) is 9.59 Å². The lowest BCUT2D eigenvalue weighted by atomic mass is 10.2. The number of carboxylic acid groups (broad SMARTS) is 1. The van der Waals surface area contributed by atoms with Crippen LogP contribution in [0.15, 0.2) is 42.9 Å². The molecule has 0 unspecified atom stereocenters. The number of anilines is 2. The number of unbranched alkanes of at least 4 members (excludes halogenated alkanes) is 1. The number of hydrogen-bond donors (Lipinski definition) is 2. The van der Waals surface area contributed by atoms with Crippen LogP contribution in [0.5, 0.6) is 5.75 Å². The molecule has 0 saturated heterocycles. The average molecular weight is 523 g/mol. The SMILES string of the molecule is CC(C)(C)OC(=O)CCCCn1cc(Nc2ncc3nnn(-c4ccc(OCCC(=O)O)cc4)c3n2)cn1. The summed E-state index contributed by atoms with van der Waals surface area (Å²) < 4.78 is 14.1. The van der Waals surface area contributed by atoms with Crippen LogP contribution in [0.4, 0.5) is 11.6 Å². The minimum Gasteiger partial charge on any atom is -0.493 e. The Kier molecular flexibility index (Phi) is 8.14. The number of hydrogen-bond acceptors (Lipinski definition) is 10. The molecule has 0 fully saturated rings. The monoisotopic (exact) mass is 522 g/mol. The summed E-state index contributed by atoms with van der Waals surface area (Å²) in [6.07, 6.45) is 6.91. The van der Waals surface area contributed by atoms with Crippen molar-refractivity contribution in [3.8, 4) is 11.4 Å². The minimum absolute atomic E-state index is 0.0742. The predicted molar refractivity (Wildman–Crippen MR) is 137 cm³/mol. The summed E-state index contributed by atoms with van der Waals surface area (Å²) in [6.45, 7) is 6.32. The maximum Gasteiger partial charge on any atom is 0.306 e. The first-order valence-electron chi connectivity index (χ1n) is 12.2. The van der Waals surface area contributed by atoms with E-state index in [4.69, 9.17) is 14.6 Å². The number of aryl methyl sites for hydroxylation is 1. The van der Waals surface area contributed by atoms with Gasteiger partial charge in [0.15, 0.2) is 11.2 Å². The van der Waals surface area contributed by atoms with Crippen molar-refractivity contribution in [3.05, 3.63) is 42.9 Å². The number of esters is 1. The normalized spacial score (nSPS) is 11.4. The van der Waals surface area contributed by atoms with Crippen LogP contribution in [0, 0.1) is 0 Å². The van der Waals surface area contributed by atoms with Gasteiger partial charge in [-0.05, 0) is 57.9 Å². The van der Waals surface area contributed by atoms with Gasteiger partial charge in [0.25, 0.3) is 0 Å². The number of aliphatic carboxylic acids is 1. The predicted octanol–water partition coefficient (Wildman–Crippen LogP) is 3.52. The first kappa shape index (κ1) is 26.5. The maximum atomic E-state index is 11.8. The fourth-order valence-corrected chi connectivity index (χ4v) is 3.52. The van der Waals surface area contributed by atoms with Crippen LogP contribution in [-0.2, 0) is 20.9 Å². The summed E-state index contributed by atoms with van der Waals surface area (Å²) in [5.41, 5.74) is 2.00. The van der Waals surface area contributed by atoms with Crippen LogP contribution in [0.1, 0.15) is 46.5 Å². The lowest BCUT2D eigenvalue weighted by molar-refractivity contribution is -0.155. The fraction of sp³-hybridized carbons (Fsp3) is 0.400. The fourth-order valence-electron chi connectivity index (χ4n) is 3.52. The van der Waals surface area contributed by atoms with E-state index >= 15 is 0 Å². The Hall–Kier alpha value is -4.55. The summed E-state index contributed by atoms with van der Waals surface area (Å²) in [5, 5.41) is 24.5. The second kappa shape index (κ2) is 11.7. The van der Waals surface area contributed by atoms with E-state index in [0.717, 1.165) is 12.1 Å². The molecule has 0 aliphatic rings. The van der Waals surface area contributed by atoms with E-state index < -0.39 is 11.6 Å². The molecule has 38 heavy (non-hydrogen) atoms. The molecule has 0 saturated carbocycles. The lowest BCUT2D eigenvalue weighted by Crippen LogP contribution is -2.23. The number of carbonyl (C=O) groups is 2. The Morgan fingerprint density at radius 3 is 2.61 bits per heavy atom. The number of nitrogens with one attached hydrogen (secondary N) is 1. The van der Waals surface area contributed by atoms with Crippen molar-refractivity contribution in [2.24, 2.45) is 0 Å². The molecular weight excluding hydrogens is 492 g/mol. The zero-order chi connectivity index (χ0) is 27.1. The highest BCUT2D eigenvalue weighted by molar-refractivity contribution is 5.73. The van der Waals surface area contributed by atoms with Gasteiger partial charge in [-0.2, -0.15) is 14.8 Å². The average Bonchev–Trinajstić information content (AvgIpc) is 3.48. The first-order valence-corrected chi connectivity index (χ1v) is 12.2. The van der Waals surface area contributed by atoms with Gasteiger partial charge in [0, 0.05) is 19.2 Å². The third kappa shape index (κ3) is 7.48. The van der Waals surface area contributed by atoms with Crippen molar-refractivity contribution in [2.75, 3.05) is 11.9 Å². The van der Waals surface area contributed by atoms with Gasteiger partial charge in [0.1, 0.15) is 11.4 Å². The van der Waals surface area contributed by atoms with E-state index in [2.05, 4.69) is 30.7 Å². The molecule has 13 nitrogen and oxygen atoms in total. The number of rotatable bonds is 12. The largest absolute Gasteiger partial charge is 0.493 e. The van der Waals surface area contributed by atoms with Gasteiger partial charge < -0.3 is 19.9 Å². The Morgan fingerprint density at radius 2 is 1.87 bits per heavy atom. The van der Waals surface area contributed by atoms with E-state index in [1.54, 1.807) is 46.0 Å². The van der Waals surface area contributed by atoms with E-state index in [-0.39, 0.29) is 19.0 Å². The smallest absolute Gasteiger partial charge is 0.306 e. The van der Waals surface area contributed by atoms with Gasteiger partial charge in [0.2, 0.25) is 5.95 Å². The first-order chi connectivity index (χ1) is 18.2. The Balaban J connectivity index is 1.34. The van der Waals surface area contributed by atoms with Gasteiger partial charge in [-0.15, -0.1) is 5.10 Å². The zero-order valence-electron chi connectivity index (χ0n) is 21.5. The van der Waals surface area contributed by atoms with Gasteiger partial charge in [-0.25, -0.2) is 4.98 Å². The molecule has 0 spiro atoms. The third-order valence-corrected chi connectivity index (χ3v) is 5.19. The Labute approximate surface area is 218 Å². The highest BCUT2D eigenvalue weighted by Gasteiger charge is 2.16. The summed E-state index contributed by atoms with van der Waals surface area (Å²) in [7, 11) is 0.